The molecule has 0 unspecified atom stereocenters. The summed E-state index contributed by atoms with van der Waals surface area (Å²) in [6.45, 7) is 8.84. The fourth-order valence-corrected chi connectivity index (χ4v) is 12.3. The molecular formula is C52H46O2Si2. The van der Waals surface area contributed by atoms with Gasteiger partial charge in [-0.1, -0.05) is 217 Å². The first-order valence-corrected chi connectivity index (χ1v) is 21.4. The van der Waals surface area contributed by atoms with Gasteiger partial charge in [0.15, 0.2) is 0 Å². The lowest BCUT2D eigenvalue weighted by Crippen LogP contribution is -2.61. The Morgan fingerprint density at radius 1 is 0.304 bits per heavy atom. The van der Waals surface area contributed by atoms with Crippen LogP contribution in [0, 0.1) is 0 Å². The molecule has 0 aromatic heterocycles. The maximum atomic E-state index is 7.24. The summed E-state index contributed by atoms with van der Waals surface area (Å²) >= 11 is 0. The summed E-state index contributed by atoms with van der Waals surface area (Å²) in [5.41, 5.74) is 2.98. The van der Waals surface area contributed by atoms with Crippen LogP contribution in [0.25, 0.3) is 21.5 Å². The van der Waals surface area contributed by atoms with Gasteiger partial charge in [-0.3, -0.25) is 0 Å². The Kier molecular flexibility index (Phi) is 10.5. The molecule has 0 aliphatic heterocycles. The van der Waals surface area contributed by atoms with Crippen LogP contribution in [0.15, 0.2) is 206 Å². The van der Waals surface area contributed by atoms with Gasteiger partial charge in [-0.15, -0.1) is 0 Å². The van der Waals surface area contributed by atoms with Crippen LogP contribution >= 0.6 is 0 Å². The zero-order valence-electron chi connectivity index (χ0n) is 32.4. The highest BCUT2D eigenvalue weighted by Crippen LogP contribution is 2.48. The monoisotopic (exact) mass is 758 g/mol. The Bertz CT molecular complexity index is 2260. The van der Waals surface area contributed by atoms with E-state index in [1.54, 1.807) is 0 Å². The summed E-state index contributed by atoms with van der Waals surface area (Å²) < 4.78 is 0. The molecule has 0 fully saturated rings. The van der Waals surface area contributed by atoms with E-state index in [1.165, 1.54) is 54.2 Å². The van der Waals surface area contributed by atoms with Crippen LogP contribution in [0.4, 0.5) is 0 Å². The summed E-state index contributed by atoms with van der Waals surface area (Å²) in [6, 6.07) is 74.2. The van der Waals surface area contributed by atoms with Crippen LogP contribution in [-0.4, -0.2) is 30.2 Å². The Labute approximate surface area is 336 Å². The Hall–Kier alpha value is -5.37. The van der Waals surface area contributed by atoms with E-state index >= 15 is 0 Å². The minimum absolute atomic E-state index is 0.315. The zero-order chi connectivity index (χ0) is 38.6. The molecule has 0 heterocycles. The average Bonchev–Trinajstić information content (AvgIpc) is 3.25. The van der Waals surface area contributed by atoms with Crippen LogP contribution in [0.3, 0.4) is 0 Å². The van der Waals surface area contributed by atoms with Crippen molar-refractivity contribution in [2.24, 2.45) is 0 Å². The maximum Gasteiger partial charge on any atom is 0.109 e. The van der Waals surface area contributed by atoms with E-state index in [-0.39, 0.29) is 0 Å². The third-order valence-corrected chi connectivity index (χ3v) is 15.8. The van der Waals surface area contributed by atoms with Crippen LogP contribution in [-0.2, 0) is 19.9 Å². The molecule has 2 nitrogen and oxygen atoms in total. The molecule has 0 bridgehead atoms. The van der Waals surface area contributed by atoms with Gasteiger partial charge in [0.25, 0.3) is 0 Å². The van der Waals surface area contributed by atoms with E-state index in [1.807, 2.05) is 0 Å². The van der Waals surface area contributed by atoms with Crippen LogP contribution in [0.2, 0.25) is 0 Å². The van der Waals surface area contributed by atoms with E-state index in [4.69, 9.17) is 9.78 Å². The molecule has 0 N–H and O–H groups in total. The highest BCUT2D eigenvalue weighted by molar-refractivity contribution is 6.62. The second-order valence-electron chi connectivity index (χ2n) is 15.5. The first kappa shape index (κ1) is 37.6. The van der Waals surface area contributed by atoms with Crippen molar-refractivity contribution in [2.75, 3.05) is 0 Å². The van der Waals surface area contributed by atoms with Gasteiger partial charge in [-0.05, 0) is 71.5 Å². The van der Waals surface area contributed by atoms with Crippen molar-refractivity contribution in [3.05, 3.63) is 229 Å². The van der Waals surface area contributed by atoms with E-state index in [0.717, 1.165) is 0 Å². The molecule has 274 valence electrons. The molecular weight excluding hydrogens is 713 g/mol. The second kappa shape index (κ2) is 15.6. The van der Waals surface area contributed by atoms with Crippen LogP contribution < -0.4 is 10.4 Å². The van der Waals surface area contributed by atoms with Gasteiger partial charge < -0.3 is 0 Å². The van der Waals surface area contributed by atoms with E-state index in [0.29, 0.717) is 19.0 Å². The van der Waals surface area contributed by atoms with E-state index < -0.39 is 21.3 Å². The molecule has 0 aliphatic carbocycles. The topological polar surface area (TPSA) is 18.5 Å². The molecule has 0 atom stereocenters. The highest BCUT2D eigenvalue weighted by Gasteiger charge is 2.55. The number of hydrogen-bond acceptors (Lipinski definition) is 2. The van der Waals surface area contributed by atoms with Crippen molar-refractivity contribution >= 4 is 51.0 Å². The van der Waals surface area contributed by atoms with Crippen molar-refractivity contribution in [3.63, 3.8) is 0 Å². The van der Waals surface area contributed by atoms with Gasteiger partial charge in [0, 0.05) is 10.1 Å². The fraction of sp³-hybridized carbons (Fsp3) is 0.154. The number of fused-ring (bicyclic) bond motifs is 2. The van der Waals surface area contributed by atoms with Crippen molar-refractivity contribution < 1.29 is 9.78 Å². The average molecular weight is 759 g/mol. The molecule has 0 amide bonds. The molecule has 8 rings (SSSR count). The molecule has 0 aliphatic rings. The van der Waals surface area contributed by atoms with Crippen LogP contribution in [0.5, 0.6) is 0 Å². The van der Waals surface area contributed by atoms with E-state index in [2.05, 4.69) is 234 Å². The maximum absolute atomic E-state index is 7.24. The smallest absolute Gasteiger partial charge is 0.109 e. The fourth-order valence-electron chi connectivity index (χ4n) is 8.47. The standard InChI is InChI=1S/C52H46O2Si2/c1-49(2,51(41-27-9-5-10-28-41,42-29-11-6-12-30-42)55-47-37-21-25-39-23-17-19-35-45(39)47)53-54-50(3,4)52(43-31-13-7-14-32-43,44-33-15-8-16-34-44)56-48-38-22-26-40-24-18-20-36-46(40)48/h5-38H,1-4H3. The van der Waals surface area contributed by atoms with Crippen molar-refractivity contribution in [1.82, 2.24) is 0 Å². The summed E-state index contributed by atoms with van der Waals surface area (Å²) in [7, 11) is 0.630. The van der Waals surface area contributed by atoms with Gasteiger partial charge in [-0.25, -0.2) is 9.78 Å². The van der Waals surface area contributed by atoms with Crippen molar-refractivity contribution in [1.29, 1.82) is 0 Å². The van der Waals surface area contributed by atoms with Crippen LogP contribution in [0.1, 0.15) is 49.9 Å². The lowest BCUT2D eigenvalue weighted by atomic mass is 9.77. The SMILES string of the molecule is CC(C)(OOC(C)(C)C([Si]c1cccc2ccccc12)(c1ccccc1)c1ccccc1)C([Si]c1cccc2ccccc12)(c1ccccc1)c1ccccc1. The van der Waals surface area contributed by atoms with Gasteiger partial charge >= 0.3 is 0 Å². The molecule has 8 aromatic carbocycles. The highest BCUT2D eigenvalue weighted by atomic mass is 28.2. The molecule has 56 heavy (non-hydrogen) atoms. The first-order chi connectivity index (χ1) is 27.3. The Morgan fingerprint density at radius 3 is 0.893 bits per heavy atom. The summed E-state index contributed by atoms with van der Waals surface area (Å²) in [6.07, 6.45) is 0. The summed E-state index contributed by atoms with van der Waals surface area (Å²) in [5, 5.41) is 6.28. The zero-order valence-corrected chi connectivity index (χ0v) is 34.4. The Morgan fingerprint density at radius 2 is 0.571 bits per heavy atom. The largest absolute Gasteiger partial charge is 0.229 e. The third-order valence-electron chi connectivity index (χ3n) is 11.3. The number of benzene rings is 8. The lowest BCUT2D eigenvalue weighted by molar-refractivity contribution is -0.411. The van der Waals surface area contributed by atoms with Gasteiger partial charge in [0.1, 0.15) is 30.2 Å². The Balaban J connectivity index is 1.30. The number of rotatable bonds is 13. The number of hydrogen-bond donors (Lipinski definition) is 0. The molecule has 0 saturated heterocycles. The first-order valence-electron chi connectivity index (χ1n) is 19.4. The molecule has 0 spiro atoms. The normalized spacial score (nSPS) is 12.6. The second-order valence-corrected chi connectivity index (χ2v) is 18.5. The lowest BCUT2D eigenvalue weighted by Gasteiger charge is -2.51. The molecule has 8 aromatic rings. The molecule has 4 radical (unpaired) electrons. The van der Waals surface area contributed by atoms with Crippen molar-refractivity contribution in [2.45, 2.75) is 49.0 Å². The van der Waals surface area contributed by atoms with E-state index in [9.17, 15) is 0 Å². The van der Waals surface area contributed by atoms with Crippen molar-refractivity contribution in [3.8, 4) is 0 Å². The van der Waals surface area contributed by atoms with Gasteiger partial charge in [0.05, 0.1) is 0 Å². The molecule has 0 saturated carbocycles. The summed E-state index contributed by atoms with van der Waals surface area (Å²) in [4.78, 5) is 14.5. The quantitative estimate of drug-likeness (QED) is 0.0662. The third kappa shape index (κ3) is 6.77. The predicted octanol–water partition coefficient (Wildman–Crippen LogP) is 10.7. The van der Waals surface area contributed by atoms with Gasteiger partial charge in [0.2, 0.25) is 0 Å². The minimum Gasteiger partial charge on any atom is -0.229 e. The summed E-state index contributed by atoms with van der Waals surface area (Å²) in [5.74, 6) is 0. The predicted molar refractivity (Wildman–Crippen MR) is 236 cm³/mol. The van der Waals surface area contributed by atoms with Gasteiger partial charge in [-0.2, -0.15) is 0 Å². The molecule has 4 heteroatoms. The minimum atomic E-state index is -0.871.